The number of hydrogen-bond acceptors (Lipinski definition) is 4. The van der Waals surface area contributed by atoms with Crippen LogP contribution in [-0.2, 0) is 0 Å². The Bertz CT molecular complexity index is 477. The van der Waals surface area contributed by atoms with Crippen LogP contribution in [0, 0.1) is 5.92 Å². The maximum Gasteiger partial charge on any atom is 0.231 e. The standard InChI is InChI=1S/C15H21ClN2O2/c16-12-6-11(7-14-15(12)20-9-19-14)13(8-17)18-5-1-2-10-3-4-10/h6-7,10,13,18H,1-5,8-9,17H2. The van der Waals surface area contributed by atoms with Crippen LogP contribution in [0.2, 0.25) is 5.02 Å². The van der Waals surface area contributed by atoms with E-state index in [1.165, 1.54) is 25.7 Å². The zero-order valence-electron chi connectivity index (χ0n) is 11.5. The van der Waals surface area contributed by atoms with Crippen molar-refractivity contribution in [2.45, 2.75) is 31.7 Å². The molecule has 0 radical (unpaired) electrons. The van der Waals surface area contributed by atoms with Crippen LogP contribution in [0.4, 0.5) is 0 Å². The number of rotatable bonds is 7. The highest BCUT2D eigenvalue weighted by Gasteiger charge is 2.22. The number of hydrogen-bond donors (Lipinski definition) is 2. The molecule has 2 aliphatic rings. The van der Waals surface area contributed by atoms with Gasteiger partial charge < -0.3 is 20.5 Å². The normalized spacial score (nSPS) is 18.3. The van der Waals surface area contributed by atoms with Crippen LogP contribution in [0.25, 0.3) is 0 Å². The van der Waals surface area contributed by atoms with Crippen molar-refractivity contribution in [2.24, 2.45) is 11.7 Å². The van der Waals surface area contributed by atoms with E-state index in [-0.39, 0.29) is 12.8 Å². The largest absolute Gasteiger partial charge is 0.454 e. The third kappa shape index (κ3) is 3.19. The smallest absolute Gasteiger partial charge is 0.231 e. The first-order chi connectivity index (χ1) is 9.78. The van der Waals surface area contributed by atoms with Crippen LogP contribution < -0.4 is 20.5 Å². The molecule has 1 heterocycles. The predicted molar refractivity (Wildman–Crippen MR) is 79.3 cm³/mol. The summed E-state index contributed by atoms with van der Waals surface area (Å²) in [6.45, 7) is 1.77. The summed E-state index contributed by atoms with van der Waals surface area (Å²) in [4.78, 5) is 0. The van der Waals surface area contributed by atoms with E-state index in [1.54, 1.807) is 0 Å². The number of fused-ring (bicyclic) bond motifs is 1. The first-order valence-electron chi connectivity index (χ1n) is 7.30. The molecule has 0 spiro atoms. The Morgan fingerprint density at radius 1 is 1.35 bits per heavy atom. The molecule has 20 heavy (non-hydrogen) atoms. The average Bonchev–Trinajstić information content (AvgIpc) is 3.14. The maximum absolute atomic E-state index is 6.21. The molecule has 110 valence electrons. The summed E-state index contributed by atoms with van der Waals surface area (Å²) in [6, 6.07) is 4.00. The summed E-state index contributed by atoms with van der Waals surface area (Å²) in [6.07, 6.45) is 5.36. The van der Waals surface area contributed by atoms with Crippen molar-refractivity contribution in [1.29, 1.82) is 0 Å². The zero-order valence-corrected chi connectivity index (χ0v) is 12.3. The first-order valence-corrected chi connectivity index (χ1v) is 7.68. The van der Waals surface area contributed by atoms with Crippen molar-refractivity contribution in [2.75, 3.05) is 19.9 Å². The van der Waals surface area contributed by atoms with E-state index < -0.39 is 0 Å². The van der Waals surface area contributed by atoms with E-state index >= 15 is 0 Å². The van der Waals surface area contributed by atoms with Gasteiger partial charge in [-0.25, -0.2) is 0 Å². The lowest BCUT2D eigenvalue weighted by atomic mass is 10.1. The van der Waals surface area contributed by atoms with Crippen LogP contribution in [-0.4, -0.2) is 19.9 Å². The van der Waals surface area contributed by atoms with Gasteiger partial charge >= 0.3 is 0 Å². The lowest BCUT2D eigenvalue weighted by molar-refractivity contribution is 0.174. The fourth-order valence-corrected chi connectivity index (χ4v) is 2.87. The monoisotopic (exact) mass is 296 g/mol. The minimum atomic E-state index is 0.112. The summed E-state index contributed by atoms with van der Waals surface area (Å²) >= 11 is 6.21. The second-order valence-corrected chi connectivity index (χ2v) is 5.97. The summed E-state index contributed by atoms with van der Waals surface area (Å²) < 4.78 is 10.7. The molecule has 1 aliphatic heterocycles. The summed E-state index contributed by atoms with van der Waals surface area (Å²) in [5.41, 5.74) is 6.94. The van der Waals surface area contributed by atoms with E-state index in [1.807, 2.05) is 12.1 Å². The fourth-order valence-electron chi connectivity index (χ4n) is 2.60. The van der Waals surface area contributed by atoms with Gasteiger partial charge in [0.15, 0.2) is 11.5 Å². The second kappa shape index (κ2) is 6.20. The van der Waals surface area contributed by atoms with Crippen molar-refractivity contribution in [3.8, 4) is 11.5 Å². The van der Waals surface area contributed by atoms with E-state index in [0.29, 0.717) is 23.1 Å². The van der Waals surface area contributed by atoms with E-state index in [9.17, 15) is 0 Å². The van der Waals surface area contributed by atoms with Gasteiger partial charge in [0, 0.05) is 12.6 Å². The van der Waals surface area contributed by atoms with Gasteiger partial charge in [0.05, 0.1) is 5.02 Å². The van der Waals surface area contributed by atoms with Crippen LogP contribution in [0.15, 0.2) is 12.1 Å². The third-order valence-corrected chi connectivity index (χ3v) is 4.25. The molecule has 3 rings (SSSR count). The Balaban J connectivity index is 1.61. The first kappa shape index (κ1) is 14.0. The highest BCUT2D eigenvalue weighted by Crippen LogP contribution is 2.41. The van der Waals surface area contributed by atoms with E-state index in [4.69, 9.17) is 26.8 Å². The van der Waals surface area contributed by atoms with Gasteiger partial charge in [-0.15, -0.1) is 0 Å². The van der Waals surface area contributed by atoms with Gasteiger partial charge in [-0.2, -0.15) is 0 Å². The Hall–Kier alpha value is -0.970. The molecule has 1 saturated carbocycles. The molecule has 0 bridgehead atoms. The van der Waals surface area contributed by atoms with Gasteiger partial charge in [0.1, 0.15) is 0 Å². The molecule has 1 aromatic carbocycles. The predicted octanol–water partition coefficient (Wildman–Crippen LogP) is 2.85. The van der Waals surface area contributed by atoms with Gasteiger partial charge in [0.2, 0.25) is 6.79 Å². The van der Waals surface area contributed by atoms with Crippen molar-refractivity contribution in [1.82, 2.24) is 5.32 Å². The van der Waals surface area contributed by atoms with Gasteiger partial charge in [-0.1, -0.05) is 24.4 Å². The lowest BCUT2D eigenvalue weighted by Crippen LogP contribution is -2.29. The molecular weight excluding hydrogens is 276 g/mol. The molecule has 1 unspecified atom stereocenters. The van der Waals surface area contributed by atoms with Crippen molar-refractivity contribution in [3.63, 3.8) is 0 Å². The van der Waals surface area contributed by atoms with Gasteiger partial charge in [-0.3, -0.25) is 0 Å². The topological polar surface area (TPSA) is 56.5 Å². The van der Waals surface area contributed by atoms with Crippen LogP contribution in [0.5, 0.6) is 11.5 Å². The SMILES string of the molecule is NCC(NCCCC1CC1)c1cc(Cl)c2c(c1)OCO2. The van der Waals surface area contributed by atoms with Crippen molar-refractivity contribution < 1.29 is 9.47 Å². The highest BCUT2D eigenvalue weighted by atomic mass is 35.5. The van der Waals surface area contributed by atoms with Crippen LogP contribution >= 0.6 is 11.6 Å². The molecule has 4 nitrogen and oxygen atoms in total. The Kier molecular flexibility index (Phi) is 4.34. The molecule has 1 atom stereocenters. The molecule has 0 aromatic heterocycles. The number of ether oxygens (including phenoxy) is 2. The Labute approximate surface area is 124 Å². The molecule has 0 amide bonds. The maximum atomic E-state index is 6.21. The minimum absolute atomic E-state index is 0.112. The summed E-state index contributed by atoms with van der Waals surface area (Å²) in [5.74, 6) is 2.33. The second-order valence-electron chi connectivity index (χ2n) is 5.56. The Morgan fingerprint density at radius 3 is 2.95 bits per heavy atom. The molecule has 1 aliphatic carbocycles. The van der Waals surface area contributed by atoms with Crippen LogP contribution in [0.1, 0.15) is 37.3 Å². The average molecular weight is 297 g/mol. The highest BCUT2D eigenvalue weighted by molar-refractivity contribution is 6.32. The van der Waals surface area contributed by atoms with E-state index in [0.717, 1.165) is 18.0 Å². The quantitative estimate of drug-likeness (QED) is 0.760. The van der Waals surface area contributed by atoms with Gasteiger partial charge in [0.25, 0.3) is 0 Å². The van der Waals surface area contributed by atoms with Crippen LogP contribution in [0.3, 0.4) is 0 Å². The molecule has 1 aromatic rings. The number of halogens is 1. The molecular formula is C15H21ClN2O2. The molecule has 3 N–H and O–H groups in total. The number of nitrogens with one attached hydrogen (secondary N) is 1. The van der Waals surface area contributed by atoms with Crippen molar-refractivity contribution in [3.05, 3.63) is 22.7 Å². The summed E-state index contributed by atoms with van der Waals surface area (Å²) in [5, 5.41) is 4.10. The zero-order chi connectivity index (χ0) is 13.9. The molecule has 0 saturated heterocycles. The van der Waals surface area contributed by atoms with Crippen molar-refractivity contribution >= 4 is 11.6 Å². The third-order valence-electron chi connectivity index (χ3n) is 3.96. The van der Waals surface area contributed by atoms with Gasteiger partial charge in [-0.05, 0) is 43.0 Å². The number of benzene rings is 1. The number of nitrogens with two attached hydrogens (primary N) is 1. The molecule has 1 fully saturated rings. The molecule has 5 heteroatoms. The van der Waals surface area contributed by atoms with E-state index in [2.05, 4.69) is 5.32 Å². The fraction of sp³-hybridized carbons (Fsp3) is 0.600. The summed E-state index contributed by atoms with van der Waals surface area (Å²) in [7, 11) is 0. The Morgan fingerprint density at radius 2 is 2.20 bits per heavy atom. The lowest BCUT2D eigenvalue weighted by Gasteiger charge is -2.18. The minimum Gasteiger partial charge on any atom is -0.454 e.